The SMILES string of the molecule is CCOc1ccc(Cc2cc([C@]34OC[C@](/C=N/OC)(O3)[C@@H](OCc3ccccc3)[C@H](OCc3ccccc3)[C@H]4OCc3ccccc3)ccc2Cl)cc1. The van der Waals surface area contributed by atoms with Crippen molar-refractivity contribution in [2.45, 2.75) is 62.9 Å². The fourth-order valence-corrected chi connectivity index (χ4v) is 7.18. The lowest BCUT2D eigenvalue weighted by Gasteiger charge is -2.50. The molecule has 8 nitrogen and oxygen atoms in total. The molecule has 0 aromatic heterocycles. The first-order valence-electron chi connectivity index (χ1n) is 17.9. The van der Waals surface area contributed by atoms with Crippen LogP contribution in [0.1, 0.15) is 40.3 Å². The van der Waals surface area contributed by atoms with E-state index < -0.39 is 29.7 Å². The fourth-order valence-electron chi connectivity index (χ4n) is 7.00. The second-order valence-electron chi connectivity index (χ2n) is 13.2. The maximum absolute atomic E-state index is 7.19. The minimum absolute atomic E-state index is 0.104. The van der Waals surface area contributed by atoms with Gasteiger partial charge < -0.3 is 33.3 Å². The molecular formula is C44H44ClNO7. The number of benzene rings is 5. The van der Waals surface area contributed by atoms with Crippen LogP contribution in [-0.4, -0.2) is 50.5 Å². The van der Waals surface area contributed by atoms with Crippen LogP contribution in [0.2, 0.25) is 5.02 Å². The van der Waals surface area contributed by atoms with E-state index in [2.05, 4.69) is 17.3 Å². The van der Waals surface area contributed by atoms with Crippen molar-refractivity contribution >= 4 is 17.8 Å². The van der Waals surface area contributed by atoms with Crippen LogP contribution in [0.25, 0.3) is 0 Å². The normalized spacial score (nSPS) is 23.6. The molecule has 2 saturated heterocycles. The van der Waals surface area contributed by atoms with Crippen LogP contribution in [0.15, 0.2) is 139 Å². The predicted molar refractivity (Wildman–Crippen MR) is 204 cm³/mol. The van der Waals surface area contributed by atoms with E-state index in [-0.39, 0.29) is 13.2 Å². The van der Waals surface area contributed by atoms with Crippen molar-refractivity contribution in [1.82, 2.24) is 0 Å². The average Bonchev–Trinajstić information content (AvgIpc) is 3.55. The molecular weight excluding hydrogens is 690 g/mol. The van der Waals surface area contributed by atoms with E-state index in [4.69, 9.17) is 44.9 Å². The molecule has 0 amide bonds. The minimum Gasteiger partial charge on any atom is -0.494 e. The summed E-state index contributed by atoms with van der Waals surface area (Å²) in [5.41, 5.74) is 4.53. The topological polar surface area (TPSA) is 77.0 Å². The van der Waals surface area contributed by atoms with E-state index in [0.717, 1.165) is 39.1 Å². The molecule has 2 aliphatic rings. The lowest BCUT2D eigenvalue weighted by Crippen LogP contribution is -2.67. The Hall–Kier alpha value is -4.54. The molecule has 0 radical (unpaired) electrons. The van der Waals surface area contributed by atoms with Crippen molar-refractivity contribution in [3.8, 4) is 5.75 Å². The van der Waals surface area contributed by atoms with Crippen molar-refractivity contribution in [2.75, 3.05) is 20.3 Å². The third-order valence-corrected chi connectivity index (χ3v) is 9.96. The van der Waals surface area contributed by atoms with E-state index in [0.29, 0.717) is 31.3 Å². The van der Waals surface area contributed by atoms with Gasteiger partial charge in [-0.25, -0.2) is 0 Å². The molecule has 0 saturated carbocycles. The van der Waals surface area contributed by atoms with Crippen LogP contribution in [0, 0.1) is 0 Å². The number of ether oxygens (including phenoxy) is 6. The molecule has 0 spiro atoms. The van der Waals surface area contributed by atoms with Gasteiger partial charge in [0.15, 0.2) is 5.60 Å². The number of halogens is 1. The maximum Gasteiger partial charge on any atom is 0.226 e. The van der Waals surface area contributed by atoms with E-state index >= 15 is 0 Å². The van der Waals surface area contributed by atoms with Gasteiger partial charge >= 0.3 is 0 Å². The standard InChI is InChI=1S/C44H44ClNO7/c1-3-48-38-22-19-32(20-23-38)25-36-26-37(21-24-39(36)45)44-42(51-29-35-17-11-6-12-18-35)40(49-27-33-13-7-4-8-14-33)41(50-28-34-15-9-5-10-16-34)43(53-44,31-52-44)30-46-47-2/h4-24,26,30,40-42H,3,25,27-29,31H2,1-2H3/b46-30+/t40-,41-,42+,43-,44-/m0/s1. The van der Waals surface area contributed by atoms with Gasteiger partial charge in [0, 0.05) is 10.6 Å². The zero-order valence-electron chi connectivity index (χ0n) is 29.9. The Bertz CT molecular complexity index is 1930. The molecule has 0 unspecified atom stereocenters. The van der Waals surface area contributed by atoms with Gasteiger partial charge in [0.25, 0.3) is 0 Å². The third-order valence-electron chi connectivity index (χ3n) is 9.59. The van der Waals surface area contributed by atoms with Crippen molar-refractivity contribution in [3.05, 3.63) is 172 Å². The van der Waals surface area contributed by atoms with E-state index in [1.54, 1.807) is 6.21 Å². The number of oxime groups is 1. The summed E-state index contributed by atoms with van der Waals surface area (Å²) in [5.74, 6) is -0.608. The average molecular weight is 734 g/mol. The summed E-state index contributed by atoms with van der Waals surface area (Å²) in [6, 6.07) is 44.0. The molecule has 2 aliphatic heterocycles. The highest BCUT2D eigenvalue weighted by Gasteiger charge is 2.69. The van der Waals surface area contributed by atoms with Gasteiger partial charge in [0.1, 0.15) is 31.2 Å². The zero-order valence-corrected chi connectivity index (χ0v) is 30.7. The van der Waals surface area contributed by atoms with Crippen LogP contribution in [0.5, 0.6) is 5.75 Å². The molecule has 274 valence electrons. The summed E-state index contributed by atoms with van der Waals surface area (Å²) in [4.78, 5) is 5.24. The first kappa shape index (κ1) is 36.8. The van der Waals surface area contributed by atoms with Crippen LogP contribution in [0.4, 0.5) is 0 Å². The Labute approximate surface area is 316 Å². The third kappa shape index (κ3) is 8.34. The van der Waals surface area contributed by atoms with Crippen molar-refractivity contribution in [2.24, 2.45) is 5.16 Å². The van der Waals surface area contributed by atoms with Gasteiger partial charge in [-0.05, 0) is 65.4 Å². The lowest BCUT2D eigenvalue weighted by atomic mass is 9.83. The molecule has 0 aliphatic carbocycles. The molecule has 2 bridgehead atoms. The maximum atomic E-state index is 7.19. The van der Waals surface area contributed by atoms with Crippen molar-refractivity contribution in [1.29, 1.82) is 0 Å². The van der Waals surface area contributed by atoms with E-state index in [1.165, 1.54) is 7.11 Å². The second kappa shape index (κ2) is 17.1. The number of nitrogens with zero attached hydrogens (tertiary/aromatic N) is 1. The number of hydrogen-bond acceptors (Lipinski definition) is 8. The predicted octanol–water partition coefficient (Wildman–Crippen LogP) is 8.67. The molecule has 53 heavy (non-hydrogen) atoms. The Morgan fingerprint density at radius 3 is 1.89 bits per heavy atom. The Morgan fingerprint density at radius 1 is 0.717 bits per heavy atom. The second-order valence-corrected chi connectivity index (χ2v) is 13.6. The monoisotopic (exact) mass is 733 g/mol. The lowest BCUT2D eigenvalue weighted by molar-refractivity contribution is -0.338. The van der Waals surface area contributed by atoms with Gasteiger partial charge in [0.05, 0.1) is 39.2 Å². The summed E-state index contributed by atoms with van der Waals surface area (Å²) in [6.07, 6.45) is 0.0218. The number of rotatable bonds is 16. The van der Waals surface area contributed by atoms with Gasteiger partial charge in [-0.2, -0.15) is 0 Å². The van der Waals surface area contributed by atoms with Crippen LogP contribution < -0.4 is 4.74 Å². The number of hydrogen-bond donors (Lipinski definition) is 0. The molecule has 5 aromatic carbocycles. The van der Waals surface area contributed by atoms with Crippen LogP contribution >= 0.6 is 11.6 Å². The van der Waals surface area contributed by atoms with Gasteiger partial charge in [-0.1, -0.05) is 126 Å². The molecule has 2 fully saturated rings. The molecule has 0 N–H and O–H groups in total. The Morgan fingerprint density at radius 2 is 1.30 bits per heavy atom. The first-order valence-corrected chi connectivity index (χ1v) is 18.3. The summed E-state index contributed by atoms with van der Waals surface area (Å²) in [5, 5.41) is 4.86. The first-order chi connectivity index (χ1) is 26.0. The highest BCUT2D eigenvalue weighted by molar-refractivity contribution is 6.31. The molecule has 2 heterocycles. The van der Waals surface area contributed by atoms with Crippen molar-refractivity contribution in [3.63, 3.8) is 0 Å². The molecule has 5 atom stereocenters. The van der Waals surface area contributed by atoms with Crippen molar-refractivity contribution < 1.29 is 33.3 Å². The summed E-state index contributed by atoms with van der Waals surface area (Å²) in [7, 11) is 1.50. The number of fused-ring (bicyclic) bond motifs is 2. The highest BCUT2D eigenvalue weighted by Crippen LogP contribution is 2.53. The smallest absolute Gasteiger partial charge is 0.226 e. The van der Waals surface area contributed by atoms with E-state index in [9.17, 15) is 0 Å². The van der Waals surface area contributed by atoms with Crippen LogP contribution in [0.3, 0.4) is 0 Å². The van der Waals surface area contributed by atoms with Crippen LogP contribution in [-0.2, 0) is 60.6 Å². The summed E-state index contributed by atoms with van der Waals surface area (Å²) in [6.45, 7) is 3.56. The fraction of sp³-hybridized carbons (Fsp3) is 0.295. The van der Waals surface area contributed by atoms with E-state index in [1.807, 2.05) is 128 Å². The van der Waals surface area contributed by atoms with Gasteiger partial charge in [0.2, 0.25) is 5.79 Å². The highest BCUT2D eigenvalue weighted by atomic mass is 35.5. The summed E-state index contributed by atoms with van der Waals surface area (Å²) < 4.78 is 40.4. The summed E-state index contributed by atoms with van der Waals surface area (Å²) >= 11 is 6.89. The zero-order chi connectivity index (χ0) is 36.5. The molecule has 9 heteroatoms. The van der Waals surface area contributed by atoms with Gasteiger partial charge in [-0.15, -0.1) is 0 Å². The minimum atomic E-state index is -1.43. The molecule has 7 rings (SSSR count). The Kier molecular flexibility index (Phi) is 11.9. The quantitative estimate of drug-likeness (QED) is 0.0742. The largest absolute Gasteiger partial charge is 0.494 e. The molecule has 5 aromatic rings. The Balaban J connectivity index is 1.31. The van der Waals surface area contributed by atoms with Gasteiger partial charge in [-0.3, -0.25) is 0 Å².